The first-order chi connectivity index (χ1) is 37.3. The highest BCUT2D eigenvalue weighted by atomic mass is 16.7. The Labute approximate surface area is 470 Å². The molecule has 7 unspecified atom stereocenters. The summed E-state index contributed by atoms with van der Waals surface area (Å²) in [6, 6.07) is -0.819. The second kappa shape index (κ2) is 56.9. The second-order valence-corrected chi connectivity index (χ2v) is 23.6. The molecule has 0 spiro atoms. The van der Waals surface area contributed by atoms with Crippen LogP contribution in [-0.2, 0) is 14.3 Å². The minimum absolute atomic E-state index is 0.179. The van der Waals surface area contributed by atoms with E-state index in [2.05, 4.69) is 31.3 Å². The Morgan fingerprint density at radius 1 is 0.434 bits per heavy atom. The summed E-state index contributed by atoms with van der Waals surface area (Å²) in [5, 5.41) is 54.6. The summed E-state index contributed by atoms with van der Waals surface area (Å²) in [5.74, 6) is -0.179. The number of carbonyl (C=O) groups excluding carboxylic acids is 1. The molecule has 0 radical (unpaired) electrons. The molecule has 1 fully saturated rings. The predicted octanol–water partition coefficient (Wildman–Crippen LogP) is 17.7. The number of aliphatic hydroxyl groups is 5. The van der Waals surface area contributed by atoms with E-state index in [4.69, 9.17) is 9.47 Å². The van der Waals surface area contributed by atoms with Crippen LogP contribution in [0.1, 0.15) is 341 Å². The van der Waals surface area contributed by atoms with Gasteiger partial charge in [0.25, 0.3) is 0 Å². The quantitative estimate of drug-likeness (QED) is 0.0261. The second-order valence-electron chi connectivity index (χ2n) is 23.6. The average molecular weight is 1080 g/mol. The molecule has 9 heteroatoms. The fraction of sp³-hybridized carbons (Fsp3) is 0.925. The van der Waals surface area contributed by atoms with E-state index in [0.29, 0.717) is 6.42 Å². The van der Waals surface area contributed by atoms with Crippen LogP contribution in [0.3, 0.4) is 0 Å². The number of rotatable bonds is 59. The maximum absolute atomic E-state index is 13.1. The van der Waals surface area contributed by atoms with Crippen LogP contribution in [0.15, 0.2) is 24.3 Å². The van der Waals surface area contributed by atoms with E-state index in [1.54, 1.807) is 6.08 Å². The molecule has 1 amide bonds. The third-order valence-corrected chi connectivity index (χ3v) is 16.3. The van der Waals surface area contributed by atoms with Crippen molar-refractivity contribution < 1.29 is 39.8 Å². The van der Waals surface area contributed by atoms with Crippen molar-refractivity contribution in [2.75, 3.05) is 13.2 Å². The van der Waals surface area contributed by atoms with Gasteiger partial charge in [0.15, 0.2) is 6.29 Å². The summed E-state index contributed by atoms with van der Waals surface area (Å²) in [7, 11) is 0. The maximum Gasteiger partial charge on any atom is 0.220 e. The molecule has 7 atom stereocenters. The van der Waals surface area contributed by atoms with Crippen LogP contribution in [0, 0.1) is 0 Å². The normalized spacial score (nSPS) is 18.9. The molecule has 6 N–H and O–H groups in total. The van der Waals surface area contributed by atoms with Crippen molar-refractivity contribution in [3.63, 3.8) is 0 Å². The van der Waals surface area contributed by atoms with Crippen LogP contribution in [0.5, 0.6) is 0 Å². The summed E-state index contributed by atoms with van der Waals surface area (Å²) in [5.41, 5.74) is 0. The van der Waals surface area contributed by atoms with E-state index in [1.165, 1.54) is 283 Å². The van der Waals surface area contributed by atoms with Gasteiger partial charge >= 0.3 is 0 Å². The Morgan fingerprint density at radius 2 is 0.750 bits per heavy atom. The Kier molecular flexibility index (Phi) is 54.4. The Hall–Kier alpha value is -1.33. The van der Waals surface area contributed by atoms with Gasteiger partial charge in [0.2, 0.25) is 5.91 Å². The summed E-state index contributed by atoms with van der Waals surface area (Å²) in [4.78, 5) is 13.1. The molecule has 1 aliphatic rings. The van der Waals surface area contributed by atoms with Gasteiger partial charge in [-0.1, -0.05) is 327 Å². The highest BCUT2D eigenvalue weighted by Gasteiger charge is 2.44. The largest absolute Gasteiger partial charge is 0.394 e. The summed E-state index contributed by atoms with van der Waals surface area (Å²) in [6.07, 6.45) is 67.2. The van der Waals surface area contributed by atoms with Gasteiger partial charge in [-0.25, -0.2) is 0 Å². The number of ether oxygens (including phenoxy) is 2. The fourth-order valence-electron chi connectivity index (χ4n) is 11.0. The number of aliphatic hydroxyl groups excluding tert-OH is 5. The van der Waals surface area contributed by atoms with Crippen LogP contribution in [0.25, 0.3) is 0 Å². The van der Waals surface area contributed by atoms with E-state index < -0.39 is 49.5 Å². The molecule has 0 aromatic heterocycles. The molecule has 1 saturated heterocycles. The summed E-state index contributed by atoms with van der Waals surface area (Å²) in [6.45, 7) is 3.82. The first kappa shape index (κ1) is 72.7. The number of hydrogen-bond donors (Lipinski definition) is 6. The standard InChI is InChI=1S/C67H129NO8/c1-3-5-7-9-11-13-15-17-19-21-23-25-26-27-28-29-30-31-32-33-34-35-36-37-38-40-42-44-46-48-50-52-54-56-61(70)60(59-75-67-66(74)65(73)64(72)62(58-69)76-67)68-63(71)57-55-53-51-49-47-45-43-41-39-24-22-20-18-16-14-12-10-8-6-4-2/h46,48,54,56,60-62,64-67,69-70,72-74H,3-45,47,49-53,55,57-59H2,1-2H3,(H,68,71)/b48-46+,56-54+. The topological polar surface area (TPSA) is 149 Å². The highest BCUT2D eigenvalue weighted by Crippen LogP contribution is 2.23. The fourth-order valence-corrected chi connectivity index (χ4v) is 11.0. The van der Waals surface area contributed by atoms with E-state index in [-0.39, 0.29) is 12.5 Å². The zero-order valence-corrected chi connectivity index (χ0v) is 50.3. The molecule has 0 aromatic rings. The van der Waals surface area contributed by atoms with Gasteiger partial charge in [0, 0.05) is 6.42 Å². The molecule has 450 valence electrons. The van der Waals surface area contributed by atoms with Crippen molar-refractivity contribution in [2.24, 2.45) is 0 Å². The lowest BCUT2D eigenvalue weighted by molar-refractivity contribution is -0.302. The molecular weight excluding hydrogens is 947 g/mol. The molecule has 1 heterocycles. The van der Waals surface area contributed by atoms with Gasteiger partial charge in [0.1, 0.15) is 24.4 Å². The lowest BCUT2D eigenvalue weighted by Crippen LogP contribution is -2.60. The Balaban J connectivity index is 2.14. The van der Waals surface area contributed by atoms with Crippen molar-refractivity contribution in [2.45, 2.75) is 384 Å². The molecular formula is C67H129NO8. The van der Waals surface area contributed by atoms with Crippen LogP contribution >= 0.6 is 0 Å². The van der Waals surface area contributed by atoms with Crippen molar-refractivity contribution >= 4 is 5.91 Å². The average Bonchev–Trinajstić information content (AvgIpc) is 3.42. The minimum Gasteiger partial charge on any atom is -0.394 e. The summed E-state index contributed by atoms with van der Waals surface area (Å²) < 4.78 is 11.3. The SMILES string of the molecule is CCCCCCCCCCCCCCCCCCCCCCCCCCCCC/C=C/CC/C=C/C(O)C(COC1OC(CO)C(O)C(O)C1O)NC(=O)CCCCCCCCCCCCCCCCCCCCCC. The molecule has 1 rings (SSSR count). The smallest absolute Gasteiger partial charge is 0.220 e. The van der Waals surface area contributed by atoms with Crippen LogP contribution in [0.2, 0.25) is 0 Å². The number of unbranched alkanes of at least 4 members (excludes halogenated alkanes) is 47. The first-order valence-electron chi connectivity index (χ1n) is 33.6. The zero-order chi connectivity index (χ0) is 55.0. The van der Waals surface area contributed by atoms with E-state index in [1.807, 2.05) is 6.08 Å². The van der Waals surface area contributed by atoms with Crippen molar-refractivity contribution in [3.8, 4) is 0 Å². The van der Waals surface area contributed by atoms with Gasteiger partial charge < -0.3 is 40.3 Å². The van der Waals surface area contributed by atoms with Gasteiger partial charge in [-0.05, 0) is 32.1 Å². The van der Waals surface area contributed by atoms with E-state index in [0.717, 1.165) is 38.5 Å². The van der Waals surface area contributed by atoms with Gasteiger partial charge in [-0.15, -0.1) is 0 Å². The van der Waals surface area contributed by atoms with Crippen LogP contribution < -0.4 is 5.32 Å². The Bertz CT molecular complexity index is 1250. The van der Waals surface area contributed by atoms with Gasteiger partial charge in [-0.2, -0.15) is 0 Å². The number of nitrogens with one attached hydrogen (secondary N) is 1. The number of amides is 1. The van der Waals surface area contributed by atoms with Gasteiger partial charge in [-0.3, -0.25) is 4.79 Å². The van der Waals surface area contributed by atoms with E-state index >= 15 is 0 Å². The molecule has 1 aliphatic heterocycles. The highest BCUT2D eigenvalue weighted by molar-refractivity contribution is 5.76. The zero-order valence-electron chi connectivity index (χ0n) is 50.3. The maximum atomic E-state index is 13.1. The first-order valence-corrected chi connectivity index (χ1v) is 33.6. The molecule has 0 aromatic carbocycles. The molecule has 0 saturated carbocycles. The van der Waals surface area contributed by atoms with Crippen molar-refractivity contribution in [1.82, 2.24) is 5.32 Å². The van der Waals surface area contributed by atoms with Crippen molar-refractivity contribution in [1.29, 1.82) is 0 Å². The summed E-state index contributed by atoms with van der Waals surface area (Å²) >= 11 is 0. The minimum atomic E-state index is -1.57. The molecule has 9 nitrogen and oxygen atoms in total. The van der Waals surface area contributed by atoms with Crippen LogP contribution in [-0.4, -0.2) is 87.5 Å². The van der Waals surface area contributed by atoms with Gasteiger partial charge in [0.05, 0.1) is 25.4 Å². The predicted molar refractivity (Wildman–Crippen MR) is 323 cm³/mol. The lowest BCUT2D eigenvalue weighted by Gasteiger charge is -2.40. The monoisotopic (exact) mass is 1080 g/mol. The molecule has 0 aliphatic carbocycles. The number of allylic oxidation sites excluding steroid dienone is 3. The molecule has 0 bridgehead atoms. The van der Waals surface area contributed by atoms with Crippen molar-refractivity contribution in [3.05, 3.63) is 24.3 Å². The molecule has 76 heavy (non-hydrogen) atoms. The Morgan fingerprint density at radius 3 is 1.11 bits per heavy atom. The van der Waals surface area contributed by atoms with Crippen LogP contribution in [0.4, 0.5) is 0 Å². The third-order valence-electron chi connectivity index (χ3n) is 16.3. The van der Waals surface area contributed by atoms with E-state index in [9.17, 15) is 30.3 Å². The lowest BCUT2D eigenvalue weighted by atomic mass is 9.99. The number of hydrogen-bond acceptors (Lipinski definition) is 8. The third kappa shape index (κ3) is 45.4. The number of carbonyl (C=O) groups is 1.